The van der Waals surface area contributed by atoms with E-state index >= 15 is 0 Å². The number of Topliss-reactive ketones (excluding diaryl/α,β-unsaturated/α-hetero) is 1. The minimum absolute atomic E-state index is 0.0227. The van der Waals surface area contributed by atoms with Crippen LogP contribution in [0.15, 0.2) is 23.8 Å². The van der Waals surface area contributed by atoms with Gasteiger partial charge in [-0.1, -0.05) is 26.8 Å². The molecule has 0 saturated heterocycles. The zero-order valence-corrected chi connectivity index (χ0v) is 13.1. The minimum atomic E-state index is -0.625. The van der Waals surface area contributed by atoms with Crippen molar-refractivity contribution in [1.82, 2.24) is 0 Å². The Morgan fingerprint density at radius 2 is 2.05 bits per heavy atom. The van der Waals surface area contributed by atoms with E-state index in [0.29, 0.717) is 5.56 Å². The summed E-state index contributed by atoms with van der Waals surface area (Å²) >= 11 is 0. The van der Waals surface area contributed by atoms with Gasteiger partial charge >= 0.3 is 5.69 Å². The van der Waals surface area contributed by atoms with Gasteiger partial charge in [-0.15, -0.1) is 0 Å². The van der Waals surface area contributed by atoms with Crippen LogP contribution in [0.4, 0.5) is 5.69 Å². The van der Waals surface area contributed by atoms with Gasteiger partial charge in [0, 0.05) is 12.0 Å². The number of carbonyl (C=O) groups is 1. The number of phenolic OH excluding ortho intramolecular Hbond substituents is 1. The molecule has 2 atom stereocenters. The van der Waals surface area contributed by atoms with Crippen LogP contribution in [-0.2, 0) is 4.79 Å². The predicted octanol–water partition coefficient (Wildman–Crippen LogP) is 3.96. The van der Waals surface area contributed by atoms with Crippen LogP contribution in [0.2, 0.25) is 0 Å². The monoisotopic (exact) mass is 303 g/mol. The highest BCUT2D eigenvalue weighted by Gasteiger charge is 2.32. The molecule has 0 spiro atoms. The molecule has 0 radical (unpaired) electrons. The Kier molecular flexibility index (Phi) is 4.64. The lowest BCUT2D eigenvalue weighted by Crippen LogP contribution is -2.30. The maximum absolute atomic E-state index is 12.6. The van der Waals surface area contributed by atoms with E-state index in [0.717, 1.165) is 18.4 Å². The lowest BCUT2D eigenvalue weighted by Gasteiger charge is -2.30. The minimum Gasteiger partial charge on any atom is -0.502 e. The van der Waals surface area contributed by atoms with Crippen molar-refractivity contribution in [2.24, 2.45) is 17.8 Å². The summed E-state index contributed by atoms with van der Waals surface area (Å²) in [5.41, 5.74) is 0.958. The standard InChI is InChI=1S/C17H21NO4/c1-10(2)13-6-4-11(3)14(17(13)20)8-12-5-7-16(19)15(9-12)18(21)22/h5,7-11,13,19H,4,6H2,1-3H3/t11-,13+/m1/s1. The van der Waals surface area contributed by atoms with Crippen molar-refractivity contribution in [3.8, 4) is 5.75 Å². The first-order chi connectivity index (χ1) is 10.3. The molecule has 2 rings (SSSR count). The lowest BCUT2D eigenvalue weighted by atomic mass is 9.73. The second kappa shape index (κ2) is 6.30. The molecule has 1 fully saturated rings. The van der Waals surface area contributed by atoms with E-state index in [9.17, 15) is 20.0 Å². The Morgan fingerprint density at radius 1 is 1.36 bits per heavy atom. The molecule has 0 heterocycles. The SMILES string of the molecule is CC(C)[C@@H]1CC[C@@H](C)C(=Cc2ccc(O)c([N+](=O)[O-])c2)C1=O. The van der Waals surface area contributed by atoms with Crippen molar-refractivity contribution in [2.45, 2.75) is 33.6 Å². The number of benzene rings is 1. The van der Waals surface area contributed by atoms with E-state index in [4.69, 9.17) is 0 Å². The van der Waals surface area contributed by atoms with E-state index in [1.54, 1.807) is 12.1 Å². The number of nitro groups is 1. The summed E-state index contributed by atoms with van der Waals surface area (Å²) in [7, 11) is 0. The third-order valence-corrected chi connectivity index (χ3v) is 4.39. The van der Waals surface area contributed by atoms with Crippen molar-refractivity contribution >= 4 is 17.5 Å². The summed E-state index contributed by atoms with van der Waals surface area (Å²) in [6, 6.07) is 4.19. The van der Waals surface area contributed by atoms with E-state index in [-0.39, 0.29) is 35.0 Å². The first-order valence-corrected chi connectivity index (χ1v) is 7.54. The number of rotatable bonds is 3. The summed E-state index contributed by atoms with van der Waals surface area (Å²) in [5, 5.41) is 20.4. The fraction of sp³-hybridized carbons (Fsp3) is 0.471. The largest absolute Gasteiger partial charge is 0.502 e. The summed E-state index contributed by atoms with van der Waals surface area (Å²) in [6.07, 6.45) is 3.57. The molecule has 0 bridgehead atoms. The average Bonchev–Trinajstić information content (AvgIpc) is 2.44. The molecule has 5 heteroatoms. The van der Waals surface area contributed by atoms with Crippen LogP contribution in [0.5, 0.6) is 5.75 Å². The molecule has 0 unspecified atom stereocenters. The molecule has 0 aromatic heterocycles. The summed E-state index contributed by atoms with van der Waals surface area (Å²) < 4.78 is 0. The van der Waals surface area contributed by atoms with Gasteiger partial charge in [-0.25, -0.2) is 0 Å². The van der Waals surface area contributed by atoms with Crippen LogP contribution in [-0.4, -0.2) is 15.8 Å². The topological polar surface area (TPSA) is 80.4 Å². The highest BCUT2D eigenvalue weighted by Crippen LogP contribution is 2.36. The number of nitro benzene ring substituents is 1. The van der Waals surface area contributed by atoms with Gasteiger partial charge in [0.2, 0.25) is 0 Å². The van der Waals surface area contributed by atoms with Crippen LogP contribution in [0.3, 0.4) is 0 Å². The van der Waals surface area contributed by atoms with Crippen LogP contribution in [0, 0.1) is 27.9 Å². The van der Waals surface area contributed by atoms with Gasteiger partial charge in [0.15, 0.2) is 11.5 Å². The van der Waals surface area contributed by atoms with Gasteiger partial charge in [0.05, 0.1) is 4.92 Å². The third kappa shape index (κ3) is 3.18. The van der Waals surface area contributed by atoms with Crippen LogP contribution < -0.4 is 0 Å². The zero-order chi connectivity index (χ0) is 16.4. The smallest absolute Gasteiger partial charge is 0.311 e. The van der Waals surface area contributed by atoms with Gasteiger partial charge in [-0.05, 0) is 48.0 Å². The van der Waals surface area contributed by atoms with Gasteiger partial charge < -0.3 is 5.11 Å². The fourth-order valence-electron chi connectivity index (χ4n) is 2.98. The summed E-state index contributed by atoms with van der Waals surface area (Å²) in [6.45, 7) is 6.10. The lowest BCUT2D eigenvalue weighted by molar-refractivity contribution is -0.385. The van der Waals surface area contributed by atoms with Crippen LogP contribution in [0.1, 0.15) is 39.2 Å². The predicted molar refractivity (Wildman–Crippen MR) is 84.5 cm³/mol. The van der Waals surface area contributed by atoms with E-state index < -0.39 is 4.92 Å². The quantitative estimate of drug-likeness (QED) is 0.520. The van der Waals surface area contributed by atoms with E-state index in [2.05, 4.69) is 0 Å². The Morgan fingerprint density at radius 3 is 2.64 bits per heavy atom. The van der Waals surface area contributed by atoms with Crippen molar-refractivity contribution < 1.29 is 14.8 Å². The molecule has 22 heavy (non-hydrogen) atoms. The number of hydrogen-bond donors (Lipinski definition) is 1. The number of aromatic hydroxyl groups is 1. The summed E-state index contributed by atoms with van der Waals surface area (Å²) in [5.74, 6) is 0.238. The molecule has 1 aromatic rings. The van der Waals surface area contributed by atoms with E-state index in [1.165, 1.54) is 12.1 Å². The molecule has 1 aliphatic carbocycles. The Bertz CT molecular complexity index is 634. The number of ketones is 1. The fourth-order valence-corrected chi connectivity index (χ4v) is 2.98. The molecule has 1 N–H and O–H groups in total. The number of nitrogens with zero attached hydrogens (tertiary/aromatic N) is 1. The Labute approximate surface area is 129 Å². The normalized spacial score (nSPS) is 24.0. The van der Waals surface area contributed by atoms with Gasteiger partial charge in [-0.3, -0.25) is 14.9 Å². The highest BCUT2D eigenvalue weighted by molar-refractivity contribution is 6.02. The number of allylic oxidation sites excluding steroid dienone is 1. The molecule has 0 aliphatic heterocycles. The van der Waals surface area contributed by atoms with E-state index in [1.807, 2.05) is 20.8 Å². The van der Waals surface area contributed by atoms with Crippen molar-refractivity contribution in [3.05, 3.63) is 39.4 Å². The van der Waals surface area contributed by atoms with Crippen LogP contribution in [0.25, 0.3) is 6.08 Å². The molecule has 0 amide bonds. The maximum Gasteiger partial charge on any atom is 0.311 e. The number of carbonyl (C=O) groups excluding carboxylic acids is 1. The molecule has 118 valence electrons. The molecule has 1 aromatic carbocycles. The average molecular weight is 303 g/mol. The second-order valence-electron chi connectivity index (χ2n) is 6.30. The molecular formula is C17H21NO4. The van der Waals surface area contributed by atoms with Gasteiger partial charge in [0.1, 0.15) is 0 Å². The van der Waals surface area contributed by atoms with Gasteiger partial charge in [-0.2, -0.15) is 0 Å². The van der Waals surface area contributed by atoms with Crippen LogP contribution >= 0.6 is 0 Å². The van der Waals surface area contributed by atoms with Crippen molar-refractivity contribution in [2.75, 3.05) is 0 Å². The second-order valence-corrected chi connectivity index (χ2v) is 6.30. The van der Waals surface area contributed by atoms with Gasteiger partial charge in [0.25, 0.3) is 0 Å². The molecule has 5 nitrogen and oxygen atoms in total. The number of hydrogen-bond acceptors (Lipinski definition) is 4. The molecule has 1 saturated carbocycles. The van der Waals surface area contributed by atoms with Crippen molar-refractivity contribution in [3.63, 3.8) is 0 Å². The highest BCUT2D eigenvalue weighted by atomic mass is 16.6. The molecule has 1 aliphatic rings. The number of phenols is 1. The third-order valence-electron chi connectivity index (χ3n) is 4.39. The Hall–Kier alpha value is -2.17. The maximum atomic E-state index is 12.6. The Balaban J connectivity index is 2.40. The van der Waals surface area contributed by atoms with Crippen molar-refractivity contribution in [1.29, 1.82) is 0 Å². The first kappa shape index (κ1) is 16.2. The first-order valence-electron chi connectivity index (χ1n) is 7.54. The zero-order valence-electron chi connectivity index (χ0n) is 13.1. The molecular weight excluding hydrogens is 282 g/mol. The summed E-state index contributed by atoms with van der Waals surface area (Å²) in [4.78, 5) is 22.9.